The summed E-state index contributed by atoms with van der Waals surface area (Å²) >= 11 is 12.5. The lowest BCUT2D eigenvalue weighted by atomic mass is 10.1. The number of hydrogen-bond acceptors (Lipinski definition) is 4. The monoisotopic (exact) mass is 439 g/mol. The van der Waals surface area contributed by atoms with Gasteiger partial charge in [-0.15, -0.1) is 0 Å². The number of hydrogen-bond donors (Lipinski definition) is 2. The SMILES string of the molecule is CC(C(=O)O)c1nn(-c2ccc(S(N)(=O)=O)cc2)c(-c2ccc(Cl)cc2)c1Cl. The van der Waals surface area contributed by atoms with Crippen molar-refractivity contribution in [3.05, 3.63) is 64.3 Å². The Labute approximate surface area is 171 Å². The van der Waals surface area contributed by atoms with E-state index in [9.17, 15) is 18.3 Å². The zero-order chi connectivity index (χ0) is 20.6. The minimum Gasteiger partial charge on any atom is -0.481 e. The van der Waals surface area contributed by atoms with Gasteiger partial charge in [0.05, 0.1) is 32.9 Å². The van der Waals surface area contributed by atoms with Gasteiger partial charge in [-0.05, 0) is 43.3 Å². The molecule has 0 fully saturated rings. The quantitative estimate of drug-likeness (QED) is 0.628. The molecule has 0 saturated carbocycles. The second-order valence-corrected chi connectivity index (χ2v) is 8.44. The molecule has 3 rings (SSSR count). The van der Waals surface area contributed by atoms with Crippen molar-refractivity contribution < 1.29 is 18.3 Å². The predicted octanol–water partition coefficient (Wildman–Crippen LogP) is 3.68. The number of carboxylic acids is 1. The lowest BCUT2D eigenvalue weighted by Gasteiger charge is -2.09. The van der Waals surface area contributed by atoms with Crippen LogP contribution in [0, 0.1) is 0 Å². The summed E-state index contributed by atoms with van der Waals surface area (Å²) < 4.78 is 24.4. The van der Waals surface area contributed by atoms with E-state index in [1.54, 1.807) is 24.3 Å². The summed E-state index contributed by atoms with van der Waals surface area (Å²) in [6, 6.07) is 12.5. The van der Waals surface area contributed by atoms with Crippen LogP contribution in [0.4, 0.5) is 0 Å². The smallest absolute Gasteiger partial charge is 0.312 e. The molecule has 0 radical (unpaired) electrons. The molecule has 0 aliphatic carbocycles. The van der Waals surface area contributed by atoms with Crippen LogP contribution < -0.4 is 5.14 Å². The fourth-order valence-electron chi connectivity index (χ4n) is 2.63. The second-order valence-electron chi connectivity index (χ2n) is 6.07. The van der Waals surface area contributed by atoms with Crippen LogP contribution in [-0.4, -0.2) is 29.3 Å². The zero-order valence-corrected chi connectivity index (χ0v) is 16.8. The Bertz CT molecular complexity index is 1140. The first-order valence-electron chi connectivity index (χ1n) is 8.00. The molecule has 1 atom stereocenters. The summed E-state index contributed by atoms with van der Waals surface area (Å²) in [5.74, 6) is -2.01. The van der Waals surface area contributed by atoms with Gasteiger partial charge in [0, 0.05) is 10.6 Å². The number of carboxylic acid groups (broad SMARTS) is 1. The minimum atomic E-state index is -3.84. The largest absolute Gasteiger partial charge is 0.481 e. The van der Waals surface area contributed by atoms with E-state index < -0.39 is 21.9 Å². The highest BCUT2D eigenvalue weighted by Crippen LogP contribution is 2.36. The molecule has 3 aromatic rings. The van der Waals surface area contributed by atoms with Gasteiger partial charge in [-0.2, -0.15) is 5.10 Å². The van der Waals surface area contributed by atoms with Crippen LogP contribution in [0.3, 0.4) is 0 Å². The second kappa shape index (κ2) is 7.56. The van der Waals surface area contributed by atoms with Gasteiger partial charge in [0.25, 0.3) is 0 Å². The Morgan fingerprint density at radius 2 is 1.68 bits per heavy atom. The molecule has 146 valence electrons. The van der Waals surface area contributed by atoms with E-state index in [0.717, 1.165) is 0 Å². The predicted molar refractivity (Wildman–Crippen MR) is 106 cm³/mol. The summed E-state index contributed by atoms with van der Waals surface area (Å²) in [7, 11) is -3.84. The lowest BCUT2D eigenvalue weighted by molar-refractivity contribution is -0.138. The standard InChI is InChI=1S/C18H15Cl2N3O4S/c1-10(18(24)25)16-15(20)17(11-2-4-12(19)5-3-11)23(22-16)13-6-8-14(9-7-13)28(21,26)27/h2-10H,1H3,(H,24,25)(H2,21,26,27). The van der Waals surface area contributed by atoms with Crippen LogP contribution in [0.25, 0.3) is 16.9 Å². The molecule has 0 saturated heterocycles. The molecule has 1 heterocycles. The topological polar surface area (TPSA) is 115 Å². The molecule has 10 heteroatoms. The van der Waals surface area contributed by atoms with Crippen LogP contribution in [0.2, 0.25) is 10.0 Å². The van der Waals surface area contributed by atoms with E-state index in [1.807, 2.05) is 0 Å². The molecule has 1 aromatic heterocycles. The Morgan fingerprint density at radius 3 is 2.18 bits per heavy atom. The molecule has 2 aromatic carbocycles. The van der Waals surface area contributed by atoms with E-state index in [-0.39, 0.29) is 15.6 Å². The number of nitrogens with two attached hydrogens (primary N) is 1. The third kappa shape index (κ3) is 3.90. The van der Waals surface area contributed by atoms with Gasteiger partial charge < -0.3 is 5.11 Å². The number of halogens is 2. The van der Waals surface area contributed by atoms with Crippen LogP contribution >= 0.6 is 23.2 Å². The summed E-state index contributed by atoms with van der Waals surface area (Å²) in [4.78, 5) is 11.4. The van der Waals surface area contributed by atoms with Gasteiger partial charge in [-0.1, -0.05) is 35.3 Å². The number of aromatic nitrogens is 2. The van der Waals surface area contributed by atoms with Crippen molar-refractivity contribution in [1.29, 1.82) is 0 Å². The van der Waals surface area contributed by atoms with E-state index >= 15 is 0 Å². The number of rotatable bonds is 5. The molecule has 28 heavy (non-hydrogen) atoms. The number of primary sulfonamides is 1. The average molecular weight is 440 g/mol. The van der Waals surface area contributed by atoms with Crippen molar-refractivity contribution in [1.82, 2.24) is 9.78 Å². The first-order valence-corrected chi connectivity index (χ1v) is 10.3. The van der Waals surface area contributed by atoms with Gasteiger partial charge in [0.1, 0.15) is 0 Å². The van der Waals surface area contributed by atoms with Crippen LogP contribution in [0.5, 0.6) is 0 Å². The van der Waals surface area contributed by atoms with Crippen molar-refractivity contribution in [3.63, 3.8) is 0 Å². The van der Waals surface area contributed by atoms with Crippen LogP contribution in [-0.2, 0) is 14.8 Å². The Morgan fingerprint density at radius 1 is 1.11 bits per heavy atom. The normalized spacial score (nSPS) is 12.7. The summed E-state index contributed by atoms with van der Waals surface area (Å²) in [5, 5.41) is 19.6. The van der Waals surface area contributed by atoms with Crippen LogP contribution in [0.1, 0.15) is 18.5 Å². The summed E-state index contributed by atoms with van der Waals surface area (Å²) in [6.07, 6.45) is 0. The van der Waals surface area contributed by atoms with Gasteiger partial charge in [-0.25, -0.2) is 18.2 Å². The first-order chi connectivity index (χ1) is 13.1. The van der Waals surface area contributed by atoms with Crippen LogP contribution in [0.15, 0.2) is 53.4 Å². The molecule has 3 N–H and O–H groups in total. The van der Waals surface area contributed by atoms with Gasteiger partial charge >= 0.3 is 5.97 Å². The Balaban J connectivity index is 2.23. The molecule has 0 spiro atoms. The third-order valence-corrected chi connectivity index (χ3v) is 5.71. The molecule has 0 amide bonds. The van der Waals surface area contributed by atoms with E-state index in [4.69, 9.17) is 28.3 Å². The maximum absolute atomic E-state index is 11.5. The molecule has 0 aliphatic heterocycles. The van der Waals surface area contributed by atoms with E-state index in [1.165, 1.54) is 35.9 Å². The third-order valence-electron chi connectivity index (χ3n) is 4.16. The maximum Gasteiger partial charge on any atom is 0.312 e. The number of sulfonamides is 1. The van der Waals surface area contributed by atoms with Crippen molar-refractivity contribution in [2.45, 2.75) is 17.7 Å². The first kappa shape index (κ1) is 20.3. The Kier molecular flexibility index (Phi) is 5.49. The number of benzene rings is 2. The molecule has 0 bridgehead atoms. The fraction of sp³-hybridized carbons (Fsp3) is 0.111. The number of aliphatic carboxylic acids is 1. The molecular formula is C18H15Cl2N3O4S. The zero-order valence-electron chi connectivity index (χ0n) is 14.5. The minimum absolute atomic E-state index is 0.0540. The molecule has 0 aliphatic rings. The summed E-state index contributed by atoms with van der Waals surface area (Å²) in [6.45, 7) is 1.48. The highest BCUT2D eigenvalue weighted by molar-refractivity contribution is 7.89. The van der Waals surface area contributed by atoms with Crippen molar-refractivity contribution >= 4 is 39.2 Å². The van der Waals surface area contributed by atoms with Gasteiger partial charge in [-0.3, -0.25) is 4.79 Å². The maximum atomic E-state index is 11.5. The highest BCUT2D eigenvalue weighted by atomic mass is 35.5. The van der Waals surface area contributed by atoms with Crippen molar-refractivity contribution in [3.8, 4) is 16.9 Å². The lowest BCUT2D eigenvalue weighted by Crippen LogP contribution is -2.12. The van der Waals surface area contributed by atoms with Gasteiger partial charge in [0.15, 0.2) is 0 Å². The Hall–Kier alpha value is -2.39. The molecule has 7 nitrogen and oxygen atoms in total. The molecule has 1 unspecified atom stereocenters. The van der Waals surface area contributed by atoms with Gasteiger partial charge in [0.2, 0.25) is 10.0 Å². The van der Waals surface area contributed by atoms with E-state index in [2.05, 4.69) is 5.10 Å². The average Bonchev–Trinajstić information content (AvgIpc) is 2.98. The summed E-state index contributed by atoms with van der Waals surface area (Å²) in [5.41, 5.74) is 1.81. The molecular weight excluding hydrogens is 425 g/mol. The van der Waals surface area contributed by atoms with Crippen molar-refractivity contribution in [2.75, 3.05) is 0 Å². The fourth-order valence-corrected chi connectivity index (χ4v) is 3.66. The van der Waals surface area contributed by atoms with Crippen molar-refractivity contribution in [2.24, 2.45) is 5.14 Å². The number of carbonyl (C=O) groups is 1. The van der Waals surface area contributed by atoms with E-state index in [0.29, 0.717) is 22.0 Å². The highest BCUT2D eigenvalue weighted by Gasteiger charge is 2.26. The number of nitrogens with zero attached hydrogens (tertiary/aromatic N) is 2.